The van der Waals surface area contributed by atoms with Gasteiger partial charge in [-0.1, -0.05) is 17.7 Å². The first-order valence-corrected chi connectivity index (χ1v) is 6.92. The summed E-state index contributed by atoms with van der Waals surface area (Å²) in [4.78, 5) is 4.13. The van der Waals surface area contributed by atoms with Gasteiger partial charge in [0.2, 0.25) is 0 Å². The molecule has 2 aromatic rings. The Balaban J connectivity index is 2.46. The van der Waals surface area contributed by atoms with E-state index < -0.39 is 10.0 Å². The lowest BCUT2D eigenvalue weighted by molar-refractivity contribution is 0.587. The molecule has 1 aromatic heterocycles. The molecule has 0 bridgehead atoms. The highest BCUT2D eigenvalue weighted by Gasteiger charge is 2.16. The first-order chi connectivity index (χ1) is 8.04. The summed E-state index contributed by atoms with van der Waals surface area (Å²) in [6.45, 7) is 1.90. The SMILES string of the molecule is Cc1ccc(S(=O)(=O)n2cnc(CCl)c2)cc1. The number of alkyl halides is 1. The van der Waals surface area contributed by atoms with Crippen LogP contribution in [0.1, 0.15) is 11.3 Å². The first kappa shape index (κ1) is 12.1. The Hall–Kier alpha value is -1.33. The van der Waals surface area contributed by atoms with Crippen molar-refractivity contribution in [2.75, 3.05) is 0 Å². The van der Waals surface area contributed by atoms with Crippen LogP contribution in [0.2, 0.25) is 0 Å². The number of benzene rings is 1. The molecular formula is C11H11ClN2O2S. The van der Waals surface area contributed by atoms with Crippen molar-refractivity contribution >= 4 is 21.6 Å². The molecule has 0 radical (unpaired) electrons. The second-order valence-electron chi connectivity index (χ2n) is 3.65. The van der Waals surface area contributed by atoms with Crippen molar-refractivity contribution < 1.29 is 8.42 Å². The Morgan fingerprint density at radius 1 is 1.29 bits per heavy atom. The predicted octanol–water partition coefficient (Wildman–Crippen LogP) is 2.17. The summed E-state index contributed by atoms with van der Waals surface area (Å²) < 4.78 is 25.4. The van der Waals surface area contributed by atoms with Crippen molar-refractivity contribution in [3.05, 3.63) is 48.0 Å². The van der Waals surface area contributed by atoms with E-state index in [0.29, 0.717) is 5.69 Å². The molecule has 0 spiro atoms. The van der Waals surface area contributed by atoms with E-state index in [1.807, 2.05) is 6.92 Å². The van der Waals surface area contributed by atoms with E-state index >= 15 is 0 Å². The third kappa shape index (κ3) is 2.35. The van der Waals surface area contributed by atoms with E-state index in [4.69, 9.17) is 11.6 Å². The van der Waals surface area contributed by atoms with E-state index in [1.165, 1.54) is 12.5 Å². The lowest BCUT2D eigenvalue weighted by Gasteiger charge is -2.04. The Morgan fingerprint density at radius 2 is 1.94 bits per heavy atom. The molecule has 90 valence electrons. The van der Waals surface area contributed by atoms with Crippen LogP contribution in [0.5, 0.6) is 0 Å². The van der Waals surface area contributed by atoms with E-state index in [2.05, 4.69) is 4.98 Å². The van der Waals surface area contributed by atoms with Crippen LogP contribution in [-0.4, -0.2) is 17.4 Å². The van der Waals surface area contributed by atoms with Gasteiger partial charge in [-0.2, -0.15) is 0 Å². The highest BCUT2D eigenvalue weighted by molar-refractivity contribution is 7.90. The molecule has 0 amide bonds. The van der Waals surface area contributed by atoms with Gasteiger partial charge < -0.3 is 0 Å². The van der Waals surface area contributed by atoms with Crippen molar-refractivity contribution in [1.29, 1.82) is 0 Å². The Labute approximate surface area is 105 Å². The molecule has 0 unspecified atom stereocenters. The zero-order chi connectivity index (χ0) is 12.5. The molecule has 17 heavy (non-hydrogen) atoms. The topological polar surface area (TPSA) is 52.0 Å². The number of hydrogen-bond donors (Lipinski definition) is 0. The van der Waals surface area contributed by atoms with Crippen LogP contribution in [0.15, 0.2) is 41.7 Å². The van der Waals surface area contributed by atoms with Crippen LogP contribution in [0, 0.1) is 6.92 Å². The lowest BCUT2D eigenvalue weighted by Crippen LogP contribution is -2.10. The number of aromatic nitrogens is 2. The smallest absolute Gasteiger partial charge is 0.239 e. The van der Waals surface area contributed by atoms with Gasteiger partial charge in [-0.05, 0) is 19.1 Å². The number of aryl methyl sites for hydroxylation is 1. The third-order valence-corrected chi connectivity index (χ3v) is 4.24. The fourth-order valence-electron chi connectivity index (χ4n) is 1.38. The van der Waals surface area contributed by atoms with Gasteiger partial charge in [0, 0.05) is 6.20 Å². The van der Waals surface area contributed by atoms with Crippen molar-refractivity contribution in [1.82, 2.24) is 8.96 Å². The molecule has 4 nitrogen and oxygen atoms in total. The molecule has 6 heteroatoms. The maximum atomic E-state index is 12.2. The predicted molar refractivity (Wildman–Crippen MR) is 65.5 cm³/mol. The second kappa shape index (κ2) is 4.50. The van der Waals surface area contributed by atoms with Crippen LogP contribution in [-0.2, 0) is 15.9 Å². The van der Waals surface area contributed by atoms with Crippen molar-refractivity contribution in [2.45, 2.75) is 17.7 Å². The number of imidazole rings is 1. The lowest BCUT2D eigenvalue weighted by atomic mass is 10.2. The summed E-state index contributed by atoms with van der Waals surface area (Å²) in [5, 5.41) is 0. The number of halogens is 1. The largest absolute Gasteiger partial charge is 0.268 e. The molecule has 0 saturated heterocycles. The molecule has 0 aliphatic heterocycles. The molecule has 0 aliphatic carbocycles. The van der Waals surface area contributed by atoms with Crippen molar-refractivity contribution in [2.24, 2.45) is 0 Å². The van der Waals surface area contributed by atoms with Gasteiger partial charge in [0.25, 0.3) is 10.0 Å². The minimum absolute atomic E-state index is 0.191. The van der Waals surface area contributed by atoms with E-state index in [0.717, 1.165) is 9.54 Å². The number of nitrogens with zero attached hydrogens (tertiary/aromatic N) is 2. The molecular weight excluding hydrogens is 260 g/mol. The summed E-state index contributed by atoms with van der Waals surface area (Å²) in [6.07, 6.45) is 2.68. The van der Waals surface area contributed by atoms with Crippen LogP contribution in [0.3, 0.4) is 0 Å². The van der Waals surface area contributed by atoms with Gasteiger partial charge in [0.1, 0.15) is 6.33 Å². The summed E-state index contributed by atoms with van der Waals surface area (Å²) >= 11 is 5.59. The Morgan fingerprint density at radius 3 is 2.47 bits per heavy atom. The average Bonchev–Trinajstić information content (AvgIpc) is 2.78. The molecule has 0 fully saturated rings. The zero-order valence-electron chi connectivity index (χ0n) is 9.17. The van der Waals surface area contributed by atoms with E-state index in [9.17, 15) is 8.42 Å². The van der Waals surface area contributed by atoms with Crippen LogP contribution < -0.4 is 0 Å². The van der Waals surface area contributed by atoms with Crippen molar-refractivity contribution in [3.8, 4) is 0 Å². The zero-order valence-corrected chi connectivity index (χ0v) is 10.7. The minimum atomic E-state index is -3.55. The van der Waals surface area contributed by atoms with Gasteiger partial charge in [-0.3, -0.25) is 0 Å². The van der Waals surface area contributed by atoms with Crippen molar-refractivity contribution in [3.63, 3.8) is 0 Å². The fourth-order valence-corrected chi connectivity index (χ4v) is 2.67. The molecule has 0 atom stereocenters. The highest BCUT2D eigenvalue weighted by atomic mass is 35.5. The van der Waals surface area contributed by atoms with Gasteiger partial charge in [0.05, 0.1) is 16.5 Å². The van der Waals surface area contributed by atoms with Gasteiger partial charge >= 0.3 is 0 Å². The van der Waals surface area contributed by atoms with Gasteiger partial charge in [-0.25, -0.2) is 17.4 Å². The Kier molecular flexibility index (Phi) is 3.22. The Bertz CT molecular complexity index is 617. The van der Waals surface area contributed by atoms with Crippen LogP contribution >= 0.6 is 11.6 Å². The number of hydrogen-bond acceptors (Lipinski definition) is 3. The minimum Gasteiger partial charge on any atom is -0.239 e. The summed E-state index contributed by atoms with van der Waals surface area (Å²) in [6, 6.07) is 6.66. The van der Waals surface area contributed by atoms with Gasteiger partial charge in [-0.15, -0.1) is 11.6 Å². The third-order valence-electron chi connectivity index (χ3n) is 2.35. The molecule has 1 aromatic carbocycles. The summed E-state index contributed by atoms with van der Waals surface area (Å²) in [7, 11) is -3.55. The quantitative estimate of drug-likeness (QED) is 0.803. The summed E-state index contributed by atoms with van der Waals surface area (Å²) in [5.41, 5.74) is 1.54. The molecule has 0 aliphatic rings. The molecule has 2 rings (SSSR count). The van der Waals surface area contributed by atoms with Crippen LogP contribution in [0.25, 0.3) is 0 Å². The van der Waals surface area contributed by atoms with E-state index in [1.54, 1.807) is 24.3 Å². The highest BCUT2D eigenvalue weighted by Crippen LogP contribution is 2.15. The second-order valence-corrected chi connectivity index (χ2v) is 5.76. The molecule has 0 N–H and O–H groups in total. The van der Waals surface area contributed by atoms with Crippen LogP contribution in [0.4, 0.5) is 0 Å². The monoisotopic (exact) mass is 270 g/mol. The number of rotatable bonds is 3. The first-order valence-electron chi connectivity index (χ1n) is 4.95. The summed E-state index contributed by atoms with van der Waals surface area (Å²) in [5.74, 6) is 0.191. The maximum absolute atomic E-state index is 12.2. The maximum Gasteiger partial charge on any atom is 0.268 e. The van der Waals surface area contributed by atoms with Gasteiger partial charge in [0.15, 0.2) is 0 Å². The standard InChI is InChI=1S/C11H11ClN2O2S/c1-9-2-4-11(5-3-9)17(15,16)14-7-10(6-12)13-8-14/h2-5,7-8H,6H2,1H3. The normalized spacial score (nSPS) is 11.6. The average molecular weight is 271 g/mol. The fraction of sp³-hybridized carbons (Fsp3) is 0.182. The molecule has 0 saturated carbocycles. The van der Waals surface area contributed by atoms with E-state index in [-0.39, 0.29) is 10.8 Å². The molecule has 1 heterocycles.